The summed E-state index contributed by atoms with van der Waals surface area (Å²) in [6.45, 7) is 0. The number of fused-ring (bicyclic) bond motifs is 1. The number of carbonyl (C=O) groups is 2. The molecule has 2 atom stereocenters. The number of carbonyl (C=O) groups excluding carboxylic acids is 1. The molecule has 0 aliphatic heterocycles. The van der Waals surface area contributed by atoms with Crippen LogP contribution in [0, 0.1) is 11.8 Å². The van der Waals surface area contributed by atoms with E-state index in [1.165, 1.54) is 0 Å². The lowest BCUT2D eigenvalue weighted by Gasteiger charge is -2.27. The molecule has 0 unspecified atom stereocenters. The Hall–Kier alpha value is -1.60. The van der Waals surface area contributed by atoms with Crippen LogP contribution in [0.3, 0.4) is 0 Å². The van der Waals surface area contributed by atoms with Crippen LogP contribution in [0.4, 0.5) is 5.69 Å². The van der Waals surface area contributed by atoms with E-state index in [4.69, 9.17) is 0 Å². The summed E-state index contributed by atoms with van der Waals surface area (Å²) in [5, 5.41) is 12.2. The number of nitrogens with zero attached hydrogens (tertiary/aromatic N) is 1. The number of amides is 1. The number of thiazole rings is 1. The molecule has 1 heterocycles. The highest BCUT2D eigenvalue weighted by molar-refractivity contribution is 8.00. The van der Waals surface area contributed by atoms with Crippen molar-refractivity contribution >= 4 is 50.9 Å². The maximum absolute atomic E-state index is 12.5. The Bertz CT molecular complexity index is 744. The van der Waals surface area contributed by atoms with Gasteiger partial charge in [-0.25, -0.2) is 4.98 Å². The zero-order chi connectivity index (χ0) is 16.4. The maximum Gasteiger partial charge on any atom is 0.307 e. The van der Waals surface area contributed by atoms with Gasteiger partial charge in [0.1, 0.15) is 0 Å². The monoisotopic (exact) mass is 350 g/mol. The Labute approximate surface area is 142 Å². The van der Waals surface area contributed by atoms with Crippen molar-refractivity contribution in [3.05, 3.63) is 18.2 Å². The SMILES string of the molecule is CSc1nc2ccc(NC(=O)[C@H]3CCCC[C@@H]3C(=O)O)cc2s1. The van der Waals surface area contributed by atoms with Gasteiger partial charge in [-0.15, -0.1) is 11.3 Å². The standard InChI is InChI=1S/C16H18N2O3S2/c1-22-16-18-12-7-6-9(8-13(12)23-16)17-14(19)10-4-2-3-5-11(10)15(20)21/h6-8,10-11H,2-5H2,1H3,(H,17,19)(H,20,21)/t10-,11-/m0/s1. The van der Waals surface area contributed by atoms with E-state index >= 15 is 0 Å². The third-order valence-electron chi connectivity index (χ3n) is 4.23. The van der Waals surface area contributed by atoms with Crippen LogP contribution in [0.25, 0.3) is 10.2 Å². The molecule has 1 saturated carbocycles. The molecule has 2 N–H and O–H groups in total. The minimum atomic E-state index is -0.868. The van der Waals surface area contributed by atoms with E-state index in [1.807, 2.05) is 24.5 Å². The Morgan fingerprint density at radius 1 is 1.30 bits per heavy atom. The highest BCUT2D eigenvalue weighted by Crippen LogP contribution is 2.33. The molecule has 23 heavy (non-hydrogen) atoms. The minimum Gasteiger partial charge on any atom is -0.481 e. The highest BCUT2D eigenvalue weighted by Gasteiger charge is 2.35. The van der Waals surface area contributed by atoms with Gasteiger partial charge in [-0.2, -0.15) is 0 Å². The first-order chi connectivity index (χ1) is 11.1. The number of benzene rings is 1. The molecule has 7 heteroatoms. The van der Waals surface area contributed by atoms with Crippen molar-refractivity contribution in [3.63, 3.8) is 0 Å². The molecule has 1 aromatic carbocycles. The summed E-state index contributed by atoms with van der Waals surface area (Å²) in [7, 11) is 0. The summed E-state index contributed by atoms with van der Waals surface area (Å²) in [5.41, 5.74) is 1.62. The van der Waals surface area contributed by atoms with Crippen LogP contribution in [-0.4, -0.2) is 28.2 Å². The number of carboxylic acids is 1. The van der Waals surface area contributed by atoms with Gasteiger partial charge in [-0.1, -0.05) is 24.6 Å². The van der Waals surface area contributed by atoms with Gasteiger partial charge in [0, 0.05) is 5.69 Å². The third kappa shape index (κ3) is 3.50. The predicted molar refractivity (Wildman–Crippen MR) is 93.1 cm³/mol. The van der Waals surface area contributed by atoms with Crippen LogP contribution in [-0.2, 0) is 9.59 Å². The Morgan fingerprint density at radius 2 is 2.04 bits per heavy atom. The third-order valence-corrected chi connectivity index (χ3v) is 6.23. The molecule has 1 amide bonds. The lowest BCUT2D eigenvalue weighted by molar-refractivity contribution is -0.147. The van der Waals surface area contributed by atoms with Gasteiger partial charge >= 0.3 is 5.97 Å². The van der Waals surface area contributed by atoms with Crippen molar-refractivity contribution in [1.82, 2.24) is 4.98 Å². The zero-order valence-corrected chi connectivity index (χ0v) is 14.4. The van der Waals surface area contributed by atoms with Gasteiger partial charge in [0.25, 0.3) is 0 Å². The number of rotatable bonds is 4. The van der Waals surface area contributed by atoms with Crippen LogP contribution in [0.1, 0.15) is 25.7 Å². The molecular formula is C16H18N2O3S2. The van der Waals surface area contributed by atoms with Crippen molar-refractivity contribution < 1.29 is 14.7 Å². The van der Waals surface area contributed by atoms with E-state index in [2.05, 4.69) is 10.3 Å². The normalized spacial score (nSPS) is 21.3. The van der Waals surface area contributed by atoms with Crippen LogP contribution in [0.15, 0.2) is 22.5 Å². The molecule has 0 radical (unpaired) electrons. The summed E-state index contributed by atoms with van der Waals surface area (Å²) in [6.07, 6.45) is 4.99. The van der Waals surface area contributed by atoms with E-state index in [1.54, 1.807) is 23.1 Å². The second-order valence-corrected chi connectivity index (χ2v) is 7.78. The smallest absolute Gasteiger partial charge is 0.307 e. The second-order valence-electron chi connectivity index (χ2n) is 5.69. The number of hydrogen-bond donors (Lipinski definition) is 2. The van der Waals surface area contributed by atoms with Gasteiger partial charge in [-0.05, 0) is 37.3 Å². The van der Waals surface area contributed by atoms with Crippen molar-refractivity contribution in [2.75, 3.05) is 11.6 Å². The number of aliphatic carboxylic acids is 1. The number of aromatic nitrogens is 1. The fourth-order valence-corrected chi connectivity index (χ4v) is 4.57. The molecule has 0 saturated heterocycles. The first-order valence-corrected chi connectivity index (χ1v) is 9.61. The van der Waals surface area contributed by atoms with Gasteiger partial charge in [-0.3, -0.25) is 9.59 Å². The second kappa shape index (κ2) is 6.88. The van der Waals surface area contributed by atoms with Crippen molar-refractivity contribution in [2.45, 2.75) is 30.0 Å². The number of hydrogen-bond acceptors (Lipinski definition) is 5. The van der Waals surface area contributed by atoms with E-state index in [0.29, 0.717) is 18.5 Å². The molecule has 1 aliphatic carbocycles. The van der Waals surface area contributed by atoms with Gasteiger partial charge in [0.2, 0.25) is 5.91 Å². The molecular weight excluding hydrogens is 332 g/mol. The van der Waals surface area contributed by atoms with Crippen LogP contribution < -0.4 is 5.32 Å². The first-order valence-electron chi connectivity index (χ1n) is 7.56. The van der Waals surface area contributed by atoms with Crippen LogP contribution in [0.5, 0.6) is 0 Å². The maximum atomic E-state index is 12.5. The topological polar surface area (TPSA) is 79.3 Å². The lowest BCUT2D eigenvalue weighted by atomic mass is 9.78. The Kier molecular flexibility index (Phi) is 4.87. The molecule has 1 aliphatic rings. The summed E-state index contributed by atoms with van der Waals surface area (Å²) >= 11 is 3.18. The van der Waals surface area contributed by atoms with Crippen molar-refractivity contribution in [2.24, 2.45) is 11.8 Å². The zero-order valence-electron chi connectivity index (χ0n) is 12.7. The van der Waals surface area contributed by atoms with Crippen molar-refractivity contribution in [3.8, 4) is 0 Å². The molecule has 3 rings (SSSR count). The predicted octanol–water partition coefficient (Wildman–Crippen LogP) is 3.85. The van der Waals surface area contributed by atoms with E-state index in [9.17, 15) is 14.7 Å². The average Bonchev–Trinajstić information content (AvgIpc) is 2.97. The molecule has 2 aromatic rings. The molecule has 5 nitrogen and oxygen atoms in total. The van der Waals surface area contributed by atoms with Gasteiger partial charge in [0.05, 0.1) is 22.1 Å². The first kappa shape index (κ1) is 16.3. The Balaban J connectivity index is 1.77. The molecule has 122 valence electrons. The van der Waals surface area contributed by atoms with Crippen molar-refractivity contribution in [1.29, 1.82) is 0 Å². The van der Waals surface area contributed by atoms with E-state index in [-0.39, 0.29) is 5.91 Å². The number of nitrogens with one attached hydrogen (secondary N) is 1. The van der Waals surface area contributed by atoms with Gasteiger partial charge in [0.15, 0.2) is 4.34 Å². The lowest BCUT2D eigenvalue weighted by Crippen LogP contribution is -2.36. The number of carboxylic acid groups (broad SMARTS) is 1. The van der Waals surface area contributed by atoms with Crippen LogP contribution in [0.2, 0.25) is 0 Å². The highest BCUT2D eigenvalue weighted by atomic mass is 32.2. The summed E-state index contributed by atoms with van der Waals surface area (Å²) < 4.78 is 2.01. The fraction of sp³-hybridized carbons (Fsp3) is 0.438. The number of thioether (sulfide) groups is 1. The molecule has 0 bridgehead atoms. The van der Waals surface area contributed by atoms with E-state index in [0.717, 1.165) is 27.4 Å². The summed E-state index contributed by atoms with van der Waals surface area (Å²) in [5.74, 6) is -2.07. The Morgan fingerprint density at radius 3 is 2.74 bits per heavy atom. The van der Waals surface area contributed by atoms with E-state index < -0.39 is 17.8 Å². The number of anilines is 1. The minimum absolute atomic E-state index is 0.189. The average molecular weight is 350 g/mol. The quantitative estimate of drug-likeness (QED) is 0.819. The molecule has 0 spiro atoms. The summed E-state index contributed by atoms with van der Waals surface area (Å²) in [6, 6.07) is 5.61. The molecule has 1 fully saturated rings. The summed E-state index contributed by atoms with van der Waals surface area (Å²) in [4.78, 5) is 28.3. The van der Waals surface area contributed by atoms with Gasteiger partial charge < -0.3 is 10.4 Å². The van der Waals surface area contributed by atoms with Crippen LogP contribution >= 0.6 is 23.1 Å². The fourth-order valence-electron chi connectivity index (χ4n) is 3.04. The molecule has 1 aromatic heterocycles. The largest absolute Gasteiger partial charge is 0.481 e.